The maximum atomic E-state index is 13.2. The van der Waals surface area contributed by atoms with Crippen molar-refractivity contribution in [2.24, 2.45) is 0 Å². The lowest BCUT2D eigenvalue weighted by molar-refractivity contribution is 0.589. The fraction of sp³-hybridized carbons (Fsp3) is 0.167. The summed E-state index contributed by atoms with van der Waals surface area (Å²) in [5.41, 5.74) is 1.13. The quantitative estimate of drug-likeness (QED) is 0.879. The van der Waals surface area contributed by atoms with Gasteiger partial charge in [-0.25, -0.2) is 4.98 Å². The number of nitrogens with one attached hydrogen (secondary N) is 1. The Morgan fingerprint density at radius 3 is 2.65 bits per heavy atom. The van der Waals surface area contributed by atoms with Crippen molar-refractivity contribution in [3.05, 3.63) is 50.1 Å². The maximum Gasteiger partial charge on any atom is 0.287 e. The topological polar surface area (TPSA) is 45.8 Å². The predicted molar refractivity (Wildman–Crippen MR) is 67.4 cm³/mol. The highest BCUT2D eigenvalue weighted by Gasteiger charge is 2.09. The third kappa shape index (κ3) is 2.29. The Balaban J connectivity index is 2.61. The number of H-pyrrole nitrogens is 1. The third-order valence-corrected chi connectivity index (χ3v) is 3.35. The lowest BCUT2D eigenvalue weighted by atomic mass is 10.1. The Kier molecular flexibility index (Phi) is 3.11. The molecule has 1 N–H and O–H groups in total. The second kappa shape index (κ2) is 4.41. The summed E-state index contributed by atoms with van der Waals surface area (Å²) >= 11 is 3.39. The average molecular weight is 297 g/mol. The highest BCUT2D eigenvalue weighted by Crippen LogP contribution is 2.22. The summed E-state index contributed by atoms with van der Waals surface area (Å²) in [6.45, 7) is 3.40. The van der Waals surface area contributed by atoms with E-state index in [1.165, 1.54) is 6.92 Å². The van der Waals surface area contributed by atoms with Crippen LogP contribution in [-0.4, -0.2) is 9.97 Å². The van der Waals surface area contributed by atoms with Crippen LogP contribution in [0.5, 0.6) is 0 Å². The smallest absolute Gasteiger partial charge is 0.287 e. The van der Waals surface area contributed by atoms with Crippen LogP contribution < -0.4 is 5.56 Å². The van der Waals surface area contributed by atoms with E-state index in [1.807, 2.05) is 25.1 Å². The minimum atomic E-state index is -0.831. The van der Waals surface area contributed by atoms with Gasteiger partial charge in [-0.3, -0.25) is 4.79 Å². The molecule has 0 aliphatic carbocycles. The first-order valence-electron chi connectivity index (χ1n) is 5.02. The van der Waals surface area contributed by atoms with Gasteiger partial charge in [0.05, 0.1) is 5.69 Å². The largest absolute Gasteiger partial charge is 0.304 e. The monoisotopic (exact) mass is 296 g/mol. The molecule has 2 aromatic rings. The maximum absolute atomic E-state index is 13.2. The molecule has 1 heterocycles. The van der Waals surface area contributed by atoms with E-state index >= 15 is 0 Å². The molecule has 0 saturated carbocycles. The lowest BCUT2D eigenvalue weighted by Crippen LogP contribution is -2.15. The molecule has 3 nitrogen and oxygen atoms in total. The van der Waals surface area contributed by atoms with E-state index in [9.17, 15) is 9.18 Å². The number of hydrogen-bond acceptors (Lipinski definition) is 2. The molecule has 0 radical (unpaired) electrons. The van der Waals surface area contributed by atoms with Gasteiger partial charge in [-0.1, -0.05) is 22.0 Å². The van der Waals surface area contributed by atoms with Gasteiger partial charge in [-0.2, -0.15) is 4.39 Å². The number of hydrogen-bond donors (Lipinski definition) is 1. The fourth-order valence-corrected chi connectivity index (χ4v) is 1.75. The van der Waals surface area contributed by atoms with E-state index in [0.29, 0.717) is 5.82 Å². The van der Waals surface area contributed by atoms with Crippen LogP contribution in [0.3, 0.4) is 0 Å². The molecule has 0 aliphatic rings. The van der Waals surface area contributed by atoms with Gasteiger partial charge in [0.25, 0.3) is 5.56 Å². The number of aromatic amines is 1. The van der Waals surface area contributed by atoms with Gasteiger partial charge in [0, 0.05) is 10.0 Å². The minimum Gasteiger partial charge on any atom is -0.304 e. The van der Waals surface area contributed by atoms with Gasteiger partial charge in [0.2, 0.25) is 5.82 Å². The summed E-state index contributed by atoms with van der Waals surface area (Å²) in [5.74, 6) is -0.452. The van der Waals surface area contributed by atoms with Crippen molar-refractivity contribution < 1.29 is 4.39 Å². The Morgan fingerprint density at radius 2 is 2.06 bits per heavy atom. The zero-order valence-electron chi connectivity index (χ0n) is 9.34. The molecule has 17 heavy (non-hydrogen) atoms. The molecule has 2 rings (SSSR count). The Bertz CT molecular complexity index is 637. The highest BCUT2D eigenvalue weighted by atomic mass is 79.9. The Labute approximate surface area is 106 Å². The van der Waals surface area contributed by atoms with Gasteiger partial charge < -0.3 is 4.98 Å². The van der Waals surface area contributed by atoms with E-state index in [1.54, 1.807) is 0 Å². The second-order valence-electron chi connectivity index (χ2n) is 3.78. The molecule has 5 heteroatoms. The summed E-state index contributed by atoms with van der Waals surface area (Å²) in [6, 6.07) is 5.55. The number of benzene rings is 1. The first-order valence-corrected chi connectivity index (χ1v) is 5.81. The molecule has 1 aromatic heterocycles. The molecule has 88 valence electrons. The Hall–Kier alpha value is -1.49. The van der Waals surface area contributed by atoms with Crippen LogP contribution in [0.1, 0.15) is 11.3 Å². The van der Waals surface area contributed by atoms with Crippen molar-refractivity contribution in [1.82, 2.24) is 9.97 Å². The van der Waals surface area contributed by atoms with Crippen molar-refractivity contribution >= 4 is 15.9 Å². The van der Waals surface area contributed by atoms with Crippen LogP contribution in [0, 0.1) is 19.7 Å². The zero-order chi connectivity index (χ0) is 12.6. The first-order chi connectivity index (χ1) is 7.99. The van der Waals surface area contributed by atoms with Crippen LogP contribution >= 0.6 is 15.9 Å². The first kappa shape index (κ1) is 12.0. The molecule has 0 amide bonds. The standard InChI is InChI=1S/C12H10BrFN2O/c1-6-5-8(3-4-9(6)13)11-15-7(2)10(14)12(17)16-11/h3-5H,1-2H3,(H,15,16,17). The van der Waals surface area contributed by atoms with Crippen molar-refractivity contribution in [3.8, 4) is 11.4 Å². The molecule has 0 saturated heterocycles. The van der Waals surface area contributed by atoms with Crippen LogP contribution in [0.15, 0.2) is 27.5 Å². The summed E-state index contributed by atoms with van der Waals surface area (Å²) in [5, 5.41) is 0. The van der Waals surface area contributed by atoms with E-state index < -0.39 is 11.4 Å². The zero-order valence-corrected chi connectivity index (χ0v) is 10.9. The summed E-state index contributed by atoms with van der Waals surface area (Å²) in [4.78, 5) is 17.8. The lowest BCUT2D eigenvalue weighted by Gasteiger charge is -2.05. The van der Waals surface area contributed by atoms with Gasteiger partial charge in [0.1, 0.15) is 5.82 Å². The minimum absolute atomic E-state index is 0.101. The fourth-order valence-electron chi connectivity index (χ4n) is 1.50. The van der Waals surface area contributed by atoms with Crippen molar-refractivity contribution in [2.75, 3.05) is 0 Å². The molecule has 0 spiro atoms. The van der Waals surface area contributed by atoms with E-state index in [4.69, 9.17) is 0 Å². The van der Waals surface area contributed by atoms with Crippen molar-refractivity contribution in [3.63, 3.8) is 0 Å². The molecule has 0 bridgehead atoms. The van der Waals surface area contributed by atoms with Crippen LogP contribution in [0.2, 0.25) is 0 Å². The van der Waals surface area contributed by atoms with Crippen molar-refractivity contribution in [1.29, 1.82) is 0 Å². The number of halogens is 2. The number of aromatic nitrogens is 2. The molecular formula is C12H10BrFN2O. The van der Waals surface area contributed by atoms with E-state index in [0.717, 1.165) is 15.6 Å². The van der Waals surface area contributed by atoms with E-state index in [-0.39, 0.29) is 5.69 Å². The second-order valence-corrected chi connectivity index (χ2v) is 4.63. The number of aryl methyl sites for hydroxylation is 2. The molecule has 0 aliphatic heterocycles. The molecule has 0 unspecified atom stereocenters. The van der Waals surface area contributed by atoms with Crippen LogP contribution in [0.25, 0.3) is 11.4 Å². The van der Waals surface area contributed by atoms with Crippen molar-refractivity contribution in [2.45, 2.75) is 13.8 Å². The Morgan fingerprint density at radius 1 is 1.35 bits per heavy atom. The number of nitrogens with zero attached hydrogens (tertiary/aromatic N) is 1. The normalized spacial score (nSPS) is 10.6. The van der Waals surface area contributed by atoms with Gasteiger partial charge in [-0.15, -0.1) is 0 Å². The highest BCUT2D eigenvalue weighted by molar-refractivity contribution is 9.10. The van der Waals surface area contributed by atoms with Crippen LogP contribution in [-0.2, 0) is 0 Å². The third-order valence-electron chi connectivity index (χ3n) is 2.46. The van der Waals surface area contributed by atoms with E-state index in [2.05, 4.69) is 25.9 Å². The molecule has 1 aromatic carbocycles. The summed E-state index contributed by atoms with van der Waals surface area (Å²) < 4.78 is 14.1. The van der Waals surface area contributed by atoms with Gasteiger partial charge in [0.15, 0.2) is 0 Å². The molecule has 0 atom stereocenters. The molecule has 0 fully saturated rings. The summed E-state index contributed by atoms with van der Waals surface area (Å²) in [6.07, 6.45) is 0. The van der Waals surface area contributed by atoms with Gasteiger partial charge >= 0.3 is 0 Å². The van der Waals surface area contributed by atoms with Gasteiger partial charge in [-0.05, 0) is 31.5 Å². The van der Waals surface area contributed by atoms with Crippen LogP contribution in [0.4, 0.5) is 4.39 Å². The SMILES string of the molecule is Cc1cc(-c2nc(C)c(F)c(=O)[nH]2)ccc1Br. The molecular weight excluding hydrogens is 287 g/mol. The number of rotatable bonds is 1. The summed E-state index contributed by atoms with van der Waals surface area (Å²) in [7, 11) is 0. The predicted octanol–water partition coefficient (Wildman–Crippen LogP) is 2.96. The average Bonchev–Trinajstić information content (AvgIpc) is 2.29.